The number of amides is 1. The second-order valence-electron chi connectivity index (χ2n) is 7.60. The van der Waals surface area contributed by atoms with E-state index in [1.54, 1.807) is 30.3 Å². The standard InChI is InChI=1S/C23H22Cl4N4OS/c1-4-9-31-21(29-30-23(31)33-12-14-5-8-17(25)19(27)10-14)20(13(2)3)28-22(32)16-7-6-15(24)11-18(16)26/h4-8,10-11,13,20H,1,9,12H2,2-3H3,(H,28,32)/t20-/m0/s1. The number of halogens is 4. The van der Waals surface area contributed by atoms with Gasteiger partial charge >= 0.3 is 0 Å². The van der Waals surface area contributed by atoms with Crippen molar-refractivity contribution in [3.05, 3.63) is 86.1 Å². The Balaban J connectivity index is 1.85. The van der Waals surface area contributed by atoms with Crippen molar-refractivity contribution in [1.29, 1.82) is 0 Å². The highest BCUT2D eigenvalue weighted by molar-refractivity contribution is 7.98. The van der Waals surface area contributed by atoms with E-state index in [1.807, 2.05) is 30.5 Å². The third-order valence-electron chi connectivity index (χ3n) is 4.82. The number of carbonyl (C=O) groups excluding carboxylic acids is 1. The fraction of sp³-hybridized carbons (Fsp3) is 0.261. The van der Waals surface area contributed by atoms with Crippen molar-refractivity contribution in [3.63, 3.8) is 0 Å². The summed E-state index contributed by atoms with van der Waals surface area (Å²) in [5.74, 6) is 1.000. The van der Waals surface area contributed by atoms with Crippen LogP contribution in [-0.2, 0) is 12.3 Å². The third kappa shape index (κ3) is 6.46. The van der Waals surface area contributed by atoms with Gasteiger partial charge in [0.15, 0.2) is 11.0 Å². The molecule has 33 heavy (non-hydrogen) atoms. The number of carbonyl (C=O) groups is 1. The molecule has 1 aromatic heterocycles. The molecule has 1 N–H and O–H groups in total. The fourth-order valence-corrected chi connectivity index (χ4v) is 4.85. The van der Waals surface area contributed by atoms with E-state index < -0.39 is 6.04 Å². The molecule has 174 valence electrons. The number of benzene rings is 2. The average Bonchev–Trinajstić information content (AvgIpc) is 3.15. The molecule has 0 saturated heterocycles. The van der Waals surface area contributed by atoms with Gasteiger partial charge in [0.05, 0.1) is 26.7 Å². The van der Waals surface area contributed by atoms with Crippen LogP contribution in [0.3, 0.4) is 0 Å². The Morgan fingerprint density at radius 1 is 1.09 bits per heavy atom. The molecule has 0 spiro atoms. The van der Waals surface area contributed by atoms with Crippen LogP contribution in [0.25, 0.3) is 0 Å². The molecular weight excluding hydrogens is 522 g/mol. The first-order valence-electron chi connectivity index (χ1n) is 10.1. The summed E-state index contributed by atoms with van der Waals surface area (Å²) in [7, 11) is 0. The van der Waals surface area contributed by atoms with Crippen molar-refractivity contribution < 1.29 is 4.79 Å². The summed E-state index contributed by atoms with van der Waals surface area (Å²) in [5.41, 5.74) is 1.35. The third-order valence-corrected chi connectivity index (χ3v) is 7.14. The molecule has 0 aliphatic heterocycles. The highest BCUT2D eigenvalue weighted by Gasteiger charge is 2.27. The smallest absolute Gasteiger partial charge is 0.253 e. The van der Waals surface area contributed by atoms with Gasteiger partial charge in [-0.15, -0.1) is 16.8 Å². The van der Waals surface area contributed by atoms with Gasteiger partial charge in [0.1, 0.15) is 0 Å². The predicted octanol–water partition coefficient (Wildman–Crippen LogP) is 7.50. The van der Waals surface area contributed by atoms with Crippen LogP contribution < -0.4 is 5.32 Å². The molecule has 2 aromatic carbocycles. The van der Waals surface area contributed by atoms with Crippen molar-refractivity contribution in [2.45, 2.75) is 37.3 Å². The summed E-state index contributed by atoms with van der Waals surface area (Å²) in [6.07, 6.45) is 1.77. The summed E-state index contributed by atoms with van der Waals surface area (Å²) in [5, 5.41) is 14.3. The van der Waals surface area contributed by atoms with Gasteiger partial charge in [0, 0.05) is 17.3 Å². The average molecular weight is 544 g/mol. The lowest BCUT2D eigenvalue weighted by Gasteiger charge is -2.23. The Morgan fingerprint density at radius 2 is 1.85 bits per heavy atom. The lowest BCUT2D eigenvalue weighted by atomic mass is 10.0. The quantitative estimate of drug-likeness (QED) is 0.224. The van der Waals surface area contributed by atoms with Gasteiger partial charge in [-0.1, -0.05) is 84.2 Å². The second kappa shape index (κ2) is 11.6. The van der Waals surface area contributed by atoms with E-state index in [4.69, 9.17) is 46.4 Å². The molecule has 5 nitrogen and oxygen atoms in total. The van der Waals surface area contributed by atoms with E-state index in [1.165, 1.54) is 11.8 Å². The van der Waals surface area contributed by atoms with Gasteiger partial charge < -0.3 is 9.88 Å². The molecule has 0 bridgehead atoms. The summed E-state index contributed by atoms with van der Waals surface area (Å²) >= 11 is 25.8. The molecule has 0 radical (unpaired) electrons. The van der Waals surface area contributed by atoms with E-state index >= 15 is 0 Å². The SMILES string of the molecule is C=CCn1c(SCc2ccc(Cl)c(Cl)c2)nnc1[C@@H](NC(=O)c1ccc(Cl)cc1Cl)C(C)C. The molecule has 10 heteroatoms. The van der Waals surface area contributed by atoms with Crippen LogP contribution in [0.4, 0.5) is 0 Å². The molecule has 0 fully saturated rings. The Bertz CT molecular complexity index is 1170. The summed E-state index contributed by atoms with van der Waals surface area (Å²) in [6.45, 7) is 8.36. The fourth-order valence-electron chi connectivity index (χ4n) is 3.14. The minimum Gasteiger partial charge on any atom is -0.342 e. The second-order valence-corrected chi connectivity index (χ2v) is 10.2. The number of rotatable bonds is 9. The maximum absolute atomic E-state index is 13.0. The minimum atomic E-state index is -0.393. The van der Waals surface area contributed by atoms with E-state index in [9.17, 15) is 4.79 Å². The van der Waals surface area contributed by atoms with Crippen LogP contribution in [0.5, 0.6) is 0 Å². The minimum absolute atomic E-state index is 0.0423. The number of nitrogens with one attached hydrogen (secondary N) is 1. The lowest BCUT2D eigenvalue weighted by molar-refractivity contribution is 0.0922. The van der Waals surface area contributed by atoms with E-state index in [0.717, 1.165) is 5.56 Å². The van der Waals surface area contributed by atoms with Crippen LogP contribution in [0.1, 0.15) is 41.6 Å². The lowest BCUT2D eigenvalue weighted by Crippen LogP contribution is -2.34. The first kappa shape index (κ1) is 25.9. The Morgan fingerprint density at radius 3 is 2.48 bits per heavy atom. The zero-order valence-electron chi connectivity index (χ0n) is 18.0. The number of aromatic nitrogens is 3. The Kier molecular flexibility index (Phi) is 9.13. The van der Waals surface area contributed by atoms with Gasteiger partial charge in [0.25, 0.3) is 5.91 Å². The number of hydrogen-bond donors (Lipinski definition) is 1. The van der Waals surface area contributed by atoms with Crippen molar-refractivity contribution in [2.75, 3.05) is 0 Å². The topological polar surface area (TPSA) is 59.8 Å². The maximum atomic E-state index is 13.0. The van der Waals surface area contributed by atoms with Crippen molar-refractivity contribution in [1.82, 2.24) is 20.1 Å². The van der Waals surface area contributed by atoms with Gasteiger partial charge in [-0.2, -0.15) is 0 Å². The van der Waals surface area contributed by atoms with Crippen LogP contribution in [0.15, 0.2) is 54.2 Å². The number of hydrogen-bond acceptors (Lipinski definition) is 4. The Labute approximate surface area is 217 Å². The van der Waals surface area contributed by atoms with E-state index in [2.05, 4.69) is 22.1 Å². The van der Waals surface area contributed by atoms with Gasteiger partial charge in [-0.25, -0.2) is 0 Å². The molecule has 1 heterocycles. The van der Waals surface area contributed by atoms with Crippen molar-refractivity contribution >= 4 is 64.1 Å². The molecule has 3 aromatic rings. The molecule has 1 amide bonds. The number of allylic oxidation sites excluding steroid dienone is 1. The molecule has 0 aliphatic carbocycles. The molecule has 3 rings (SSSR count). The van der Waals surface area contributed by atoms with Gasteiger partial charge in [0.2, 0.25) is 0 Å². The van der Waals surface area contributed by atoms with Crippen molar-refractivity contribution in [2.24, 2.45) is 5.92 Å². The molecule has 0 aliphatic rings. The highest BCUT2D eigenvalue weighted by Crippen LogP contribution is 2.30. The summed E-state index contributed by atoms with van der Waals surface area (Å²) < 4.78 is 1.95. The summed E-state index contributed by atoms with van der Waals surface area (Å²) in [6, 6.07) is 9.90. The summed E-state index contributed by atoms with van der Waals surface area (Å²) in [4.78, 5) is 13.0. The van der Waals surface area contributed by atoms with E-state index in [-0.39, 0.29) is 16.8 Å². The zero-order chi connectivity index (χ0) is 24.1. The largest absolute Gasteiger partial charge is 0.342 e. The van der Waals surface area contributed by atoms with Crippen LogP contribution in [0, 0.1) is 5.92 Å². The molecule has 0 unspecified atom stereocenters. The first-order valence-corrected chi connectivity index (χ1v) is 12.6. The zero-order valence-corrected chi connectivity index (χ0v) is 21.8. The first-order chi connectivity index (χ1) is 15.7. The molecule has 1 atom stereocenters. The normalized spacial score (nSPS) is 12.1. The highest BCUT2D eigenvalue weighted by atomic mass is 35.5. The Hall–Kier alpha value is -1.70. The number of nitrogens with zero attached hydrogens (tertiary/aromatic N) is 3. The van der Waals surface area contributed by atoms with Gasteiger partial charge in [-0.05, 0) is 41.8 Å². The van der Waals surface area contributed by atoms with Crippen LogP contribution >= 0.6 is 58.2 Å². The van der Waals surface area contributed by atoms with Crippen LogP contribution in [-0.4, -0.2) is 20.7 Å². The monoisotopic (exact) mass is 542 g/mol. The van der Waals surface area contributed by atoms with E-state index in [0.29, 0.717) is 43.9 Å². The maximum Gasteiger partial charge on any atom is 0.253 e. The van der Waals surface area contributed by atoms with Gasteiger partial charge in [-0.3, -0.25) is 4.79 Å². The van der Waals surface area contributed by atoms with Crippen LogP contribution in [0.2, 0.25) is 20.1 Å². The molecular formula is C23H22Cl4N4OS. The molecule has 0 saturated carbocycles. The number of thioether (sulfide) groups is 1. The predicted molar refractivity (Wildman–Crippen MR) is 138 cm³/mol. The van der Waals surface area contributed by atoms with Crippen molar-refractivity contribution in [3.8, 4) is 0 Å².